The molecule has 2 nitrogen and oxygen atoms in total. The van der Waals surface area contributed by atoms with E-state index >= 15 is 0 Å². The number of halogens is 1. The van der Waals surface area contributed by atoms with Gasteiger partial charge in [0.15, 0.2) is 5.78 Å². The van der Waals surface area contributed by atoms with Crippen molar-refractivity contribution >= 4 is 11.5 Å². The van der Waals surface area contributed by atoms with Crippen molar-refractivity contribution in [2.24, 2.45) is 0 Å². The molecule has 0 aliphatic rings. The first-order chi connectivity index (χ1) is 9.58. The summed E-state index contributed by atoms with van der Waals surface area (Å²) < 4.78 is 13.1. The lowest BCUT2D eigenvalue weighted by molar-refractivity contribution is 0.0984. The molecule has 0 unspecified atom stereocenters. The van der Waals surface area contributed by atoms with E-state index in [4.69, 9.17) is 0 Å². The summed E-state index contributed by atoms with van der Waals surface area (Å²) >= 11 is 0. The van der Waals surface area contributed by atoms with Crippen LogP contribution in [0.3, 0.4) is 0 Å². The molecule has 0 amide bonds. The molecule has 0 saturated carbocycles. The topological polar surface area (TPSA) is 20.3 Å². The monoisotopic (exact) mass is 271 g/mol. The van der Waals surface area contributed by atoms with Crippen LogP contribution in [-0.2, 0) is 0 Å². The molecule has 3 heteroatoms. The van der Waals surface area contributed by atoms with E-state index in [0.717, 1.165) is 5.69 Å². The zero-order valence-corrected chi connectivity index (χ0v) is 11.8. The maximum atomic E-state index is 13.1. The van der Waals surface area contributed by atoms with Gasteiger partial charge < -0.3 is 4.90 Å². The molecule has 20 heavy (non-hydrogen) atoms. The zero-order chi connectivity index (χ0) is 14.5. The van der Waals surface area contributed by atoms with Crippen molar-refractivity contribution in [1.82, 2.24) is 0 Å². The Bertz CT molecular complexity index is 609. The predicted molar refractivity (Wildman–Crippen MR) is 79.8 cm³/mol. The minimum absolute atomic E-state index is 0.0371. The van der Waals surface area contributed by atoms with E-state index in [2.05, 4.69) is 0 Å². The van der Waals surface area contributed by atoms with Crippen LogP contribution in [0.25, 0.3) is 0 Å². The average Bonchev–Trinajstić information content (AvgIpc) is 2.45. The van der Waals surface area contributed by atoms with Gasteiger partial charge in [-0.3, -0.25) is 4.79 Å². The largest absolute Gasteiger partial charge is 0.374 e. The molecule has 104 valence electrons. The summed E-state index contributed by atoms with van der Waals surface area (Å²) in [4.78, 5) is 14.1. The second kappa shape index (κ2) is 6.33. The summed E-state index contributed by atoms with van der Waals surface area (Å²) in [6, 6.07) is 13.9. The van der Waals surface area contributed by atoms with Crippen molar-refractivity contribution in [1.29, 1.82) is 0 Å². The van der Waals surface area contributed by atoms with Crippen molar-refractivity contribution in [3.63, 3.8) is 0 Å². The Morgan fingerprint density at radius 1 is 1.15 bits per heavy atom. The molecular formula is C17H18FNO. The minimum atomic E-state index is -0.372. The molecule has 0 aliphatic heterocycles. The van der Waals surface area contributed by atoms with Gasteiger partial charge in [0.1, 0.15) is 5.82 Å². The Morgan fingerprint density at radius 2 is 1.90 bits per heavy atom. The van der Waals surface area contributed by atoms with Gasteiger partial charge in [-0.05, 0) is 30.7 Å². The molecule has 0 heterocycles. The second-order valence-electron chi connectivity index (χ2n) is 4.89. The molecule has 0 aliphatic carbocycles. The third-order valence-corrected chi connectivity index (χ3v) is 3.35. The third-order valence-electron chi connectivity index (χ3n) is 3.35. The van der Waals surface area contributed by atoms with Crippen LogP contribution in [-0.4, -0.2) is 19.4 Å². The highest BCUT2D eigenvalue weighted by molar-refractivity contribution is 5.96. The molecule has 0 atom stereocenters. The summed E-state index contributed by atoms with van der Waals surface area (Å²) in [6.45, 7) is 2.65. The van der Waals surface area contributed by atoms with E-state index in [1.807, 2.05) is 43.1 Å². The van der Waals surface area contributed by atoms with Crippen LogP contribution >= 0.6 is 0 Å². The molecule has 2 aromatic carbocycles. The number of hydrogen-bond acceptors (Lipinski definition) is 2. The average molecular weight is 271 g/mol. The van der Waals surface area contributed by atoms with Crippen LogP contribution in [0.15, 0.2) is 48.5 Å². The highest BCUT2D eigenvalue weighted by Gasteiger charge is 2.09. The Morgan fingerprint density at radius 3 is 2.60 bits per heavy atom. The van der Waals surface area contributed by atoms with Gasteiger partial charge in [0, 0.05) is 31.3 Å². The smallest absolute Gasteiger partial charge is 0.164 e. The number of aryl methyl sites for hydroxylation is 1. The number of ketones is 1. The minimum Gasteiger partial charge on any atom is -0.374 e. The van der Waals surface area contributed by atoms with Crippen molar-refractivity contribution < 1.29 is 9.18 Å². The number of nitrogens with zero attached hydrogens (tertiary/aromatic N) is 1. The molecule has 0 aromatic heterocycles. The SMILES string of the molecule is Cc1ccccc1N(C)CCC(=O)c1cccc(F)c1. The Labute approximate surface area is 118 Å². The van der Waals surface area contributed by atoms with Gasteiger partial charge in [0.2, 0.25) is 0 Å². The second-order valence-corrected chi connectivity index (χ2v) is 4.89. The quantitative estimate of drug-likeness (QED) is 0.770. The van der Waals surface area contributed by atoms with Crippen molar-refractivity contribution in [2.75, 3.05) is 18.5 Å². The Hall–Kier alpha value is -2.16. The van der Waals surface area contributed by atoms with Crippen molar-refractivity contribution in [3.05, 3.63) is 65.5 Å². The number of carbonyl (C=O) groups is 1. The molecule has 2 rings (SSSR count). The van der Waals surface area contributed by atoms with E-state index < -0.39 is 0 Å². The van der Waals surface area contributed by atoms with E-state index in [0.29, 0.717) is 18.5 Å². The molecule has 0 fully saturated rings. The van der Waals surface area contributed by atoms with Crippen LogP contribution in [0.2, 0.25) is 0 Å². The van der Waals surface area contributed by atoms with Crippen LogP contribution in [0.4, 0.5) is 10.1 Å². The Kier molecular flexibility index (Phi) is 4.51. The summed E-state index contributed by atoms with van der Waals surface area (Å²) in [6.07, 6.45) is 0.369. The summed E-state index contributed by atoms with van der Waals surface area (Å²) in [5, 5.41) is 0. The highest BCUT2D eigenvalue weighted by Crippen LogP contribution is 2.18. The molecule has 0 radical (unpaired) electrons. The first kappa shape index (κ1) is 14.3. The van der Waals surface area contributed by atoms with Gasteiger partial charge in [-0.15, -0.1) is 0 Å². The number of rotatable bonds is 5. The lowest BCUT2D eigenvalue weighted by Gasteiger charge is -2.20. The molecule has 0 spiro atoms. The highest BCUT2D eigenvalue weighted by atomic mass is 19.1. The number of benzene rings is 2. The maximum Gasteiger partial charge on any atom is 0.164 e. The van der Waals surface area contributed by atoms with Crippen LogP contribution in [0.5, 0.6) is 0 Å². The van der Waals surface area contributed by atoms with Gasteiger partial charge >= 0.3 is 0 Å². The fourth-order valence-electron chi connectivity index (χ4n) is 2.19. The summed E-state index contributed by atoms with van der Waals surface area (Å²) in [5.41, 5.74) is 2.72. The van der Waals surface area contributed by atoms with Gasteiger partial charge in [-0.1, -0.05) is 30.3 Å². The van der Waals surface area contributed by atoms with Crippen molar-refractivity contribution in [3.8, 4) is 0 Å². The first-order valence-electron chi connectivity index (χ1n) is 6.63. The lowest BCUT2D eigenvalue weighted by Crippen LogP contribution is -2.21. The van der Waals surface area contributed by atoms with Crippen LogP contribution < -0.4 is 4.90 Å². The maximum absolute atomic E-state index is 13.1. The summed E-state index contributed by atoms with van der Waals surface area (Å²) in [7, 11) is 1.96. The van der Waals surface area contributed by atoms with Crippen molar-refractivity contribution in [2.45, 2.75) is 13.3 Å². The van der Waals surface area contributed by atoms with Gasteiger partial charge in [0.05, 0.1) is 0 Å². The number of anilines is 1. The predicted octanol–water partition coefficient (Wildman–Crippen LogP) is 3.84. The van der Waals surface area contributed by atoms with E-state index in [9.17, 15) is 9.18 Å². The number of para-hydroxylation sites is 1. The van der Waals surface area contributed by atoms with Crippen LogP contribution in [0, 0.1) is 12.7 Å². The van der Waals surface area contributed by atoms with Gasteiger partial charge in [0.25, 0.3) is 0 Å². The lowest BCUT2D eigenvalue weighted by atomic mass is 10.1. The first-order valence-corrected chi connectivity index (χ1v) is 6.63. The van der Waals surface area contributed by atoms with Gasteiger partial charge in [-0.2, -0.15) is 0 Å². The summed E-state index contributed by atoms with van der Waals surface area (Å²) in [5.74, 6) is -0.409. The van der Waals surface area contributed by atoms with Gasteiger partial charge in [-0.25, -0.2) is 4.39 Å². The third kappa shape index (κ3) is 3.44. The number of hydrogen-bond donors (Lipinski definition) is 0. The molecule has 0 N–H and O–H groups in total. The standard InChI is InChI=1S/C17H18FNO/c1-13-6-3-4-9-16(13)19(2)11-10-17(20)14-7-5-8-15(18)12-14/h3-9,12H,10-11H2,1-2H3. The number of carbonyl (C=O) groups excluding carboxylic acids is 1. The number of Topliss-reactive ketones (excluding diaryl/α,β-unsaturated/α-hetero) is 1. The fourth-order valence-corrected chi connectivity index (χ4v) is 2.19. The van der Waals surface area contributed by atoms with E-state index in [1.54, 1.807) is 12.1 Å². The van der Waals surface area contributed by atoms with Crippen LogP contribution in [0.1, 0.15) is 22.3 Å². The normalized spacial score (nSPS) is 10.3. The molecular weight excluding hydrogens is 253 g/mol. The van der Waals surface area contributed by atoms with E-state index in [-0.39, 0.29) is 11.6 Å². The Balaban J connectivity index is 1.99. The molecule has 0 bridgehead atoms. The fraction of sp³-hybridized carbons (Fsp3) is 0.235. The molecule has 0 saturated heterocycles. The zero-order valence-electron chi connectivity index (χ0n) is 11.8. The van der Waals surface area contributed by atoms with E-state index in [1.165, 1.54) is 17.7 Å². The molecule has 2 aromatic rings.